The summed E-state index contributed by atoms with van der Waals surface area (Å²) in [6.07, 6.45) is 0. The van der Waals surface area contributed by atoms with Crippen molar-refractivity contribution in [3.05, 3.63) is 58.1 Å². The van der Waals surface area contributed by atoms with E-state index in [9.17, 15) is 13.2 Å². The zero-order valence-corrected chi connectivity index (χ0v) is 16.9. The Balaban J connectivity index is 2.39. The van der Waals surface area contributed by atoms with Gasteiger partial charge in [-0.25, -0.2) is 13.2 Å². The van der Waals surface area contributed by atoms with Gasteiger partial charge < -0.3 is 4.74 Å². The molecule has 2 aromatic rings. The summed E-state index contributed by atoms with van der Waals surface area (Å²) in [4.78, 5) is 12.5. The molecule has 1 N–H and O–H groups in total. The molecule has 0 fully saturated rings. The maximum absolute atomic E-state index is 12.6. The monoisotopic (exact) mass is 425 g/mol. The number of benzene rings is 2. The summed E-state index contributed by atoms with van der Waals surface area (Å²) in [7, 11) is -3.82. The lowest BCUT2D eigenvalue weighted by Gasteiger charge is -2.21. The van der Waals surface area contributed by atoms with Gasteiger partial charge in [0.15, 0.2) is 0 Å². The fraction of sp³-hybridized carbons (Fsp3) is 0.278. The second-order valence-corrected chi connectivity index (χ2v) is 9.21. The van der Waals surface area contributed by atoms with Crippen molar-refractivity contribution in [2.24, 2.45) is 0 Å². The molecule has 134 valence electrons. The first-order chi connectivity index (χ1) is 11.5. The van der Waals surface area contributed by atoms with Crippen LogP contribution in [-0.4, -0.2) is 20.0 Å². The number of hydrogen-bond donors (Lipinski definition) is 1. The molecule has 0 atom stereocenters. The molecule has 0 amide bonds. The Hall–Kier alpha value is -1.86. The Morgan fingerprint density at radius 2 is 1.68 bits per heavy atom. The molecule has 7 heteroatoms. The number of sulfonamides is 1. The first-order valence-corrected chi connectivity index (χ1v) is 9.88. The average molecular weight is 426 g/mol. The molecule has 0 saturated carbocycles. The Bertz CT molecular complexity index is 884. The topological polar surface area (TPSA) is 72.5 Å². The van der Waals surface area contributed by atoms with E-state index in [0.29, 0.717) is 4.47 Å². The van der Waals surface area contributed by atoms with Crippen LogP contribution in [0, 0.1) is 6.92 Å². The van der Waals surface area contributed by atoms with Gasteiger partial charge in [0.05, 0.1) is 16.1 Å². The van der Waals surface area contributed by atoms with E-state index in [1.54, 1.807) is 39.0 Å². The highest BCUT2D eigenvalue weighted by molar-refractivity contribution is 9.10. The van der Waals surface area contributed by atoms with Crippen LogP contribution in [0.1, 0.15) is 36.7 Å². The van der Waals surface area contributed by atoms with Crippen LogP contribution in [0.2, 0.25) is 0 Å². The maximum Gasteiger partial charge on any atom is 0.340 e. The average Bonchev–Trinajstić information content (AvgIpc) is 2.47. The van der Waals surface area contributed by atoms with Crippen LogP contribution in [0.15, 0.2) is 51.8 Å². The molecule has 0 aliphatic heterocycles. The highest BCUT2D eigenvalue weighted by atomic mass is 79.9. The minimum absolute atomic E-state index is 0.121. The summed E-state index contributed by atoms with van der Waals surface area (Å²) in [6, 6.07) is 11.2. The third-order valence-corrected chi connectivity index (χ3v) is 5.05. The van der Waals surface area contributed by atoms with Crippen LogP contribution in [0.5, 0.6) is 0 Å². The van der Waals surface area contributed by atoms with Crippen molar-refractivity contribution < 1.29 is 17.9 Å². The standard InChI is InChI=1S/C18H20BrNO4S/c1-12-5-8-14(9-6-12)25(22,23)20-16-10-7-13(19)11-15(16)17(21)24-18(2,3)4/h5-11,20H,1-4H3. The van der Waals surface area contributed by atoms with Gasteiger partial charge in [-0.15, -0.1) is 0 Å². The van der Waals surface area contributed by atoms with Crippen molar-refractivity contribution in [2.45, 2.75) is 38.2 Å². The number of hydrogen-bond acceptors (Lipinski definition) is 4. The number of ether oxygens (including phenoxy) is 1. The summed E-state index contributed by atoms with van der Waals surface area (Å²) in [5.74, 6) is -0.601. The van der Waals surface area contributed by atoms with Crippen molar-refractivity contribution in [3.8, 4) is 0 Å². The van der Waals surface area contributed by atoms with Crippen molar-refractivity contribution in [1.29, 1.82) is 0 Å². The van der Waals surface area contributed by atoms with Gasteiger partial charge in [-0.2, -0.15) is 0 Å². The fourth-order valence-electron chi connectivity index (χ4n) is 2.03. The highest BCUT2D eigenvalue weighted by Gasteiger charge is 2.23. The molecule has 2 aromatic carbocycles. The SMILES string of the molecule is Cc1ccc(S(=O)(=O)Nc2ccc(Br)cc2C(=O)OC(C)(C)C)cc1. The van der Waals surface area contributed by atoms with E-state index in [1.807, 2.05) is 6.92 Å². The zero-order valence-electron chi connectivity index (χ0n) is 14.5. The fourth-order valence-corrected chi connectivity index (χ4v) is 3.47. The normalized spacial score (nSPS) is 11.9. The molecule has 0 aliphatic carbocycles. The van der Waals surface area contributed by atoms with Gasteiger partial charge in [-0.1, -0.05) is 33.6 Å². The van der Waals surface area contributed by atoms with E-state index in [0.717, 1.165) is 5.56 Å². The van der Waals surface area contributed by atoms with Gasteiger partial charge >= 0.3 is 5.97 Å². The Kier molecular flexibility index (Phi) is 5.58. The Labute approximate surface area is 156 Å². The molecule has 0 heterocycles. The van der Waals surface area contributed by atoms with Crippen LogP contribution in [0.4, 0.5) is 5.69 Å². The largest absolute Gasteiger partial charge is 0.456 e. The van der Waals surface area contributed by atoms with Gasteiger partial charge in [0, 0.05) is 4.47 Å². The smallest absolute Gasteiger partial charge is 0.340 e. The number of carbonyl (C=O) groups is 1. The van der Waals surface area contributed by atoms with Crippen LogP contribution < -0.4 is 4.72 Å². The molecule has 0 radical (unpaired) electrons. The first kappa shape index (κ1) is 19.5. The van der Waals surface area contributed by atoms with Crippen molar-refractivity contribution in [2.75, 3.05) is 4.72 Å². The highest BCUT2D eigenvalue weighted by Crippen LogP contribution is 2.26. The van der Waals surface area contributed by atoms with E-state index >= 15 is 0 Å². The third kappa shape index (κ3) is 5.31. The summed E-state index contributed by atoms with van der Waals surface area (Å²) >= 11 is 3.29. The second-order valence-electron chi connectivity index (χ2n) is 6.61. The molecule has 0 unspecified atom stereocenters. The van der Waals surface area contributed by atoms with E-state index in [4.69, 9.17) is 4.74 Å². The molecular formula is C18H20BrNO4S. The van der Waals surface area contributed by atoms with Crippen molar-refractivity contribution in [1.82, 2.24) is 0 Å². The van der Waals surface area contributed by atoms with Gasteiger partial charge in [0.1, 0.15) is 5.60 Å². The first-order valence-electron chi connectivity index (χ1n) is 7.60. The number of nitrogens with one attached hydrogen (secondary N) is 1. The predicted octanol–water partition coefficient (Wildman–Crippen LogP) is 4.51. The van der Waals surface area contributed by atoms with Crippen molar-refractivity contribution in [3.63, 3.8) is 0 Å². The minimum Gasteiger partial charge on any atom is -0.456 e. The second kappa shape index (κ2) is 7.17. The number of carbonyl (C=O) groups excluding carboxylic acids is 1. The van der Waals surface area contributed by atoms with Gasteiger partial charge in [0.25, 0.3) is 10.0 Å². The number of esters is 1. The van der Waals surface area contributed by atoms with E-state index in [1.165, 1.54) is 24.3 Å². The predicted molar refractivity (Wildman–Crippen MR) is 101 cm³/mol. The molecule has 0 aromatic heterocycles. The summed E-state index contributed by atoms with van der Waals surface area (Å²) < 4.78 is 33.6. The molecule has 25 heavy (non-hydrogen) atoms. The molecule has 2 rings (SSSR count). The summed E-state index contributed by atoms with van der Waals surface area (Å²) in [6.45, 7) is 7.12. The van der Waals surface area contributed by atoms with Gasteiger partial charge in [-0.05, 0) is 58.0 Å². The van der Waals surface area contributed by atoms with Crippen LogP contribution >= 0.6 is 15.9 Å². The van der Waals surface area contributed by atoms with E-state index in [-0.39, 0.29) is 16.1 Å². The lowest BCUT2D eigenvalue weighted by atomic mass is 10.1. The van der Waals surface area contributed by atoms with Gasteiger partial charge in [0.2, 0.25) is 0 Å². The van der Waals surface area contributed by atoms with Crippen LogP contribution in [-0.2, 0) is 14.8 Å². The van der Waals surface area contributed by atoms with Crippen LogP contribution in [0.3, 0.4) is 0 Å². The number of halogens is 1. The molecule has 5 nitrogen and oxygen atoms in total. The molecule has 0 saturated heterocycles. The number of aryl methyl sites for hydroxylation is 1. The molecule has 0 bridgehead atoms. The Morgan fingerprint density at radius 3 is 2.24 bits per heavy atom. The minimum atomic E-state index is -3.82. The number of anilines is 1. The quantitative estimate of drug-likeness (QED) is 0.730. The molecule has 0 spiro atoms. The van der Waals surface area contributed by atoms with E-state index in [2.05, 4.69) is 20.7 Å². The zero-order chi connectivity index (χ0) is 18.8. The third-order valence-electron chi connectivity index (χ3n) is 3.18. The van der Waals surface area contributed by atoms with Crippen LogP contribution in [0.25, 0.3) is 0 Å². The molecule has 0 aliphatic rings. The lowest BCUT2D eigenvalue weighted by molar-refractivity contribution is 0.00707. The number of rotatable bonds is 4. The Morgan fingerprint density at radius 1 is 1.08 bits per heavy atom. The molecular weight excluding hydrogens is 406 g/mol. The summed E-state index contributed by atoms with van der Waals surface area (Å²) in [5, 5.41) is 0. The van der Waals surface area contributed by atoms with Gasteiger partial charge in [-0.3, -0.25) is 4.72 Å². The summed E-state index contributed by atoms with van der Waals surface area (Å²) in [5.41, 5.74) is 0.571. The van der Waals surface area contributed by atoms with Crippen molar-refractivity contribution >= 4 is 37.6 Å². The lowest BCUT2D eigenvalue weighted by Crippen LogP contribution is -2.25. The van der Waals surface area contributed by atoms with E-state index < -0.39 is 21.6 Å². The maximum atomic E-state index is 12.6.